The smallest absolute Gasteiger partial charge is 0.0568 e. The third-order valence-corrected chi connectivity index (χ3v) is 14.0. The Hall–Kier alpha value is -7.88. The quantitative estimate of drug-likeness (QED) is 0.151. The van der Waals surface area contributed by atoms with Gasteiger partial charge in [-0.2, -0.15) is 0 Å². The molecule has 3 heteroatoms. The summed E-state index contributed by atoms with van der Waals surface area (Å²) in [6, 6.07) is 79.1. The molecule has 11 rings (SSSR count). The molecular weight excluding hydrogens is 835 g/mol. The highest BCUT2D eigenvalue weighted by Gasteiger charge is 2.27. The van der Waals surface area contributed by atoms with Gasteiger partial charge in [0.25, 0.3) is 0 Å². The van der Waals surface area contributed by atoms with Gasteiger partial charge < -0.3 is 14.4 Å². The number of aryl methyl sites for hydroxylation is 2. The molecule has 0 aliphatic heterocycles. The predicted molar refractivity (Wildman–Crippen MR) is 297 cm³/mol. The Morgan fingerprint density at radius 2 is 0.725 bits per heavy atom. The van der Waals surface area contributed by atoms with E-state index < -0.39 is 0 Å². The molecule has 338 valence electrons. The Morgan fingerprint density at radius 3 is 1.13 bits per heavy atom. The zero-order valence-electron chi connectivity index (χ0n) is 41.0. The van der Waals surface area contributed by atoms with E-state index in [1.807, 2.05) is 0 Å². The Morgan fingerprint density at radius 1 is 0.333 bits per heavy atom. The maximum absolute atomic E-state index is 2.53. The Bertz CT molecular complexity index is 3470. The highest BCUT2D eigenvalue weighted by Crippen LogP contribution is 2.50. The number of rotatable bonds is 8. The summed E-state index contributed by atoms with van der Waals surface area (Å²) in [4.78, 5) is 4.93. The summed E-state index contributed by atoms with van der Waals surface area (Å²) in [6.07, 6.45) is 0. The van der Waals surface area contributed by atoms with Crippen molar-refractivity contribution in [1.29, 1.82) is 0 Å². The second-order valence-corrected chi connectivity index (χ2v) is 20.9. The zero-order valence-corrected chi connectivity index (χ0v) is 41.0. The molecule has 11 aromatic rings. The van der Waals surface area contributed by atoms with Crippen LogP contribution in [0.5, 0.6) is 0 Å². The lowest BCUT2D eigenvalue weighted by molar-refractivity contribution is 0.590. The van der Waals surface area contributed by atoms with Gasteiger partial charge in [0.15, 0.2) is 0 Å². The van der Waals surface area contributed by atoms with Gasteiger partial charge >= 0.3 is 0 Å². The van der Waals surface area contributed by atoms with E-state index in [1.165, 1.54) is 65.7 Å². The maximum Gasteiger partial charge on any atom is 0.0568 e. The summed E-state index contributed by atoms with van der Waals surface area (Å²) in [6.45, 7) is 18.1. The van der Waals surface area contributed by atoms with E-state index in [-0.39, 0.29) is 10.8 Å². The number of benzene rings is 10. The largest absolute Gasteiger partial charge is 0.310 e. The SMILES string of the molecule is Cc1cccc(N(c2ccc(C(C)(C)C)cc2)c2cc3c(c4ccccc24)c2c4ccccc4c(N(c4ccc(C(C)(C)C)cc4)c4cccc(C)c4)cc2n3-c2ccc(-c3ccccc3)cc2)c1. The van der Waals surface area contributed by atoms with Crippen molar-refractivity contribution in [2.24, 2.45) is 0 Å². The molecule has 0 spiro atoms. The van der Waals surface area contributed by atoms with Gasteiger partial charge in [0.1, 0.15) is 0 Å². The van der Waals surface area contributed by atoms with Crippen LogP contribution in [0.1, 0.15) is 63.8 Å². The van der Waals surface area contributed by atoms with Crippen molar-refractivity contribution in [3.63, 3.8) is 0 Å². The normalized spacial score (nSPS) is 12.1. The number of hydrogen-bond donors (Lipinski definition) is 0. The number of anilines is 6. The minimum Gasteiger partial charge on any atom is -0.310 e. The van der Waals surface area contributed by atoms with Gasteiger partial charge in [-0.05, 0) is 142 Å². The van der Waals surface area contributed by atoms with Gasteiger partial charge in [0, 0.05) is 50.0 Å². The summed E-state index contributed by atoms with van der Waals surface area (Å²) < 4.78 is 2.53. The van der Waals surface area contributed by atoms with Crippen molar-refractivity contribution in [3.05, 3.63) is 235 Å². The van der Waals surface area contributed by atoms with Gasteiger partial charge in [-0.25, -0.2) is 0 Å². The lowest BCUT2D eigenvalue weighted by Crippen LogP contribution is -2.13. The van der Waals surface area contributed by atoms with Crippen LogP contribution < -0.4 is 9.80 Å². The summed E-state index contributed by atoms with van der Waals surface area (Å²) >= 11 is 0. The fraction of sp³-hybridized carbons (Fsp3) is 0.152. The molecule has 0 radical (unpaired) electrons. The van der Waals surface area contributed by atoms with Crippen molar-refractivity contribution >= 4 is 77.5 Å². The van der Waals surface area contributed by atoms with Crippen molar-refractivity contribution in [2.45, 2.75) is 66.2 Å². The standard InChI is InChI=1S/C66H59N3/c1-44-18-16-22-53(40-44)67(50-36-30-48(31-37-50)65(3,4)5)59-42-61-63(57-26-14-12-24-55(57)59)64-58-27-15-13-25-56(58)60(43-62(64)69(61)52-34-28-47(29-35-52)46-20-10-9-11-21-46)68(54-23-17-19-45(2)41-54)51-38-32-49(33-39-51)66(6,7)8/h9-43H,1-8H3. The van der Waals surface area contributed by atoms with Crippen molar-refractivity contribution in [2.75, 3.05) is 9.80 Å². The number of aromatic nitrogens is 1. The molecule has 69 heavy (non-hydrogen) atoms. The van der Waals surface area contributed by atoms with E-state index in [0.717, 1.165) is 50.8 Å². The maximum atomic E-state index is 2.53. The van der Waals surface area contributed by atoms with Crippen molar-refractivity contribution in [1.82, 2.24) is 4.57 Å². The van der Waals surface area contributed by atoms with Crippen molar-refractivity contribution in [3.8, 4) is 16.8 Å². The van der Waals surface area contributed by atoms with Crippen LogP contribution in [0.15, 0.2) is 212 Å². The van der Waals surface area contributed by atoms with Crippen LogP contribution in [0, 0.1) is 13.8 Å². The molecule has 0 amide bonds. The molecule has 3 nitrogen and oxygen atoms in total. The molecule has 0 bridgehead atoms. The van der Waals surface area contributed by atoms with E-state index in [4.69, 9.17) is 0 Å². The first-order chi connectivity index (χ1) is 33.3. The number of hydrogen-bond acceptors (Lipinski definition) is 2. The second kappa shape index (κ2) is 17.0. The Labute approximate surface area is 407 Å². The molecule has 1 heterocycles. The van der Waals surface area contributed by atoms with E-state index in [1.54, 1.807) is 0 Å². The fourth-order valence-corrected chi connectivity index (χ4v) is 10.4. The van der Waals surface area contributed by atoms with Crippen LogP contribution in [-0.4, -0.2) is 4.57 Å². The minimum absolute atomic E-state index is 0.0295. The minimum atomic E-state index is 0.0295. The third-order valence-electron chi connectivity index (χ3n) is 14.0. The molecule has 0 unspecified atom stereocenters. The van der Waals surface area contributed by atoms with Crippen LogP contribution in [0.4, 0.5) is 34.1 Å². The lowest BCUT2D eigenvalue weighted by Gasteiger charge is -2.29. The monoisotopic (exact) mass is 893 g/mol. The van der Waals surface area contributed by atoms with Crippen LogP contribution in [0.3, 0.4) is 0 Å². The fourth-order valence-electron chi connectivity index (χ4n) is 10.4. The molecule has 0 fully saturated rings. The van der Waals surface area contributed by atoms with Gasteiger partial charge in [0.05, 0.1) is 22.4 Å². The molecule has 0 N–H and O–H groups in total. The average molecular weight is 894 g/mol. The molecule has 0 saturated heterocycles. The van der Waals surface area contributed by atoms with Gasteiger partial charge in [-0.15, -0.1) is 0 Å². The second-order valence-electron chi connectivity index (χ2n) is 20.9. The topological polar surface area (TPSA) is 11.4 Å². The summed E-state index contributed by atoms with van der Waals surface area (Å²) in [5.41, 5.74) is 17.6. The molecular formula is C66H59N3. The molecule has 0 aliphatic carbocycles. The Balaban J connectivity index is 1.27. The summed E-state index contributed by atoms with van der Waals surface area (Å²) in [5, 5.41) is 7.29. The van der Waals surface area contributed by atoms with Crippen LogP contribution in [0.2, 0.25) is 0 Å². The summed E-state index contributed by atoms with van der Waals surface area (Å²) in [7, 11) is 0. The summed E-state index contributed by atoms with van der Waals surface area (Å²) in [5.74, 6) is 0. The van der Waals surface area contributed by atoms with Crippen LogP contribution in [0.25, 0.3) is 60.2 Å². The van der Waals surface area contributed by atoms with Gasteiger partial charge in [-0.3, -0.25) is 0 Å². The predicted octanol–water partition coefficient (Wildman–Crippen LogP) is 18.9. The van der Waals surface area contributed by atoms with E-state index in [0.29, 0.717) is 0 Å². The van der Waals surface area contributed by atoms with E-state index >= 15 is 0 Å². The molecule has 10 aromatic carbocycles. The molecule has 0 aliphatic rings. The van der Waals surface area contributed by atoms with Crippen molar-refractivity contribution < 1.29 is 0 Å². The molecule has 0 atom stereocenters. The van der Waals surface area contributed by atoms with E-state index in [9.17, 15) is 0 Å². The highest BCUT2D eigenvalue weighted by atomic mass is 15.2. The number of nitrogens with zero attached hydrogens (tertiary/aromatic N) is 3. The first-order valence-corrected chi connectivity index (χ1v) is 24.3. The van der Waals surface area contributed by atoms with E-state index in [2.05, 4.69) is 282 Å². The lowest BCUT2D eigenvalue weighted by atomic mass is 9.87. The first-order valence-electron chi connectivity index (χ1n) is 24.3. The number of fused-ring (bicyclic) bond motifs is 7. The van der Waals surface area contributed by atoms with Gasteiger partial charge in [-0.1, -0.05) is 181 Å². The average Bonchev–Trinajstić information content (AvgIpc) is 3.69. The Kier molecular flexibility index (Phi) is 10.8. The van der Waals surface area contributed by atoms with Crippen LogP contribution in [-0.2, 0) is 10.8 Å². The highest BCUT2D eigenvalue weighted by molar-refractivity contribution is 6.32. The first kappa shape index (κ1) is 43.7. The van der Waals surface area contributed by atoms with Crippen LogP contribution >= 0.6 is 0 Å². The molecule has 0 saturated carbocycles. The third kappa shape index (κ3) is 7.92. The van der Waals surface area contributed by atoms with Gasteiger partial charge in [0.2, 0.25) is 0 Å². The zero-order chi connectivity index (χ0) is 47.6. The molecule has 1 aromatic heterocycles.